The van der Waals surface area contributed by atoms with Crippen LogP contribution in [0.25, 0.3) is 0 Å². The van der Waals surface area contributed by atoms with Gasteiger partial charge >= 0.3 is 0 Å². The number of hydrogen-bond donors (Lipinski definition) is 0. The van der Waals surface area contributed by atoms with E-state index in [1.807, 2.05) is 0 Å². The van der Waals surface area contributed by atoms with Gasteiger partial charge in [-0.3, -0.25) is 9.59 Å². The molecular weight excluding hydrogens is 342 g/mol. The van der Waals surface area contributed by atoms with Crippen molar-refractivity contribution >= 4 is 17.8 Å². The Labute approximate surface area is 162 Å². The Morgan fingerprint density at radius 1 is 0.815 bits per heavy atom. The predicted molar refractivity (Wildman–Crippen MR) is 105 cm³/mol. The number of carbonyl (C=O) groups excluding carboxylic acids is 2. The van der Waals surface area contributed by atoms with Crippen LogP contribution in [0.5, 0.6) is 0 Å². The van der Waals surface area contributed by atoms with Crippen molar-refractivity contribution in [3.05, 3.63) is 0 Å². The maximum atomic E-state index is 12.1. The topological polar surface area (TPSA) is 81.0 Å². The third-order valence-corrected chi connectivity index (χ3v) is 5.35. The van der Waals surface area contributed by atoms with Gasteiger partial charge in [0.05, 0.1) is 6.04 Å². The smallest absolute Gasteiger partial charge is 0.259 e. The number of unbranched alkanes of at least 4 members (excludes halogenated alkanes) is 8. The molecule has 152 valence electrons. The van der Waals surface area contributed by atoms with E-state index in [-0.39, 0.29) is 30.7 Å². The molecule has 2 heterocycles. The summed E-state index contributed by atoms with van der Waals surface area (Å²) in [5.41, 5.74) is 0. The SMILES string of the molecule is CCCCCCCC(CCCCCCC)n1nnnc1N1C(=O)CCC1=O. The van der Waals surface area contributed by atoms with Crippen molar-refractivity contribution in [3.8, 4) is 0 Å². The van der Waals surface area contributed by atoms with Gasteiger partial charge in [-0.25, -0.2) is 9.58 Å². The van der Waals surface area contributed by atoms with Crippen LogP contribution >= 0.6 is 0 Å². The quantitative estimate of drug-likeness (QED) is 0.350. The Hall–Kier alpha value is -1.79. The fourth-order valence-corrected chi connectivity index (χ4v) is 3.73. The molecule has 0 radical (unpaired) electrons. The number of hydrogen-bond acceptors (Lipinski definition) is 5. The largest absolute Gasteiger partial charge is 0.274 e. The minimum atomic E-state index is -0.194. The molecule has 1 saturated heterocycles. The van der Waals surface area contributed by atoms with Crippen molar-refractivity contribution in [2.75, 3.05) is 4.90 Å². The zero-order chi connectivity index (χ0) is 19.5. The lowest BCUT2D eigenvalue weighted by atomic mass is 10.0. The zero-order valence-electron chi connectivity index (χ0n) is 17.0. The highest BCUT2D eigenvalue weighted by Gasteiger charge is 2.35. The summed E-state index contributed by atoms with van der Waals surface area (Å²) in [5, 5.41) is 12.0. The van der Waals surface area contributed by atoms with Gasteiger partial charge in [-0.05, 0) is 23.3 Å². The molecule has 0 bridgehead atoms. The van der Waals surface area contributed by atoms with Crippen LogP contribution in [0.1, 0.15) is 110 Å². The average molecular weight is 378 g/mol. The minimum Gasteiger partial charge on any atom is -0.274 e. The molecule has 0 aromatic carbocycles. The van der Waals surface area contributed by atoms with E-state index >= 15 is 0 Å². The van der Waals surface area contributed by atoms with E-state index in [9.17, 15) is 9.59 Å². The molecule has 1 aromatic heterocycles. The Bertz CT molecular complexity index is 557. The second-order valence-corrected chi connectivity index (χ2v) is 7.61. The maximum Gasteiger partial charge on any atom is 0.259 e. The molecule has 1 aromatic rings. The average Bonchev–Trinajstić information content (AvgIpc) is 3.25. The molecule has 0 saturated carbocycles. The molecule has 2 rings (SSSR count). The Kier molecular flexibility index (Phi) is 9.42. The van der Waals surface area contributed by atoms with Gasteiger partial charge in [0.2, 0.25) is 11.8 Å². The van der Waals surface area contributed by atoms with Crippen molar-refractivity contribution in [1.29, 1.82) is 0 Å². The molecule has 7 heteroatoms. The van der Waals surface area contributed by atoms with Crippen LogP contribution in [0.4, 0.5) is 5.95 Å². The van der Waals surface area contributed by atoms with E-state index in [0.29, 0.717) is 5.95 Å². The van der Waals surface area contributed by atoms with Crippen molar-refractivity contribution in [2.45, 2.75) is 110 Å². The molecule has 27 heavy (non-hydrogen) atoms. The lowest BCUT2D eigenvalue weighted by molar-refractivity contribution is -0.121. The first kappa shape index (κ1) is 21.5. The summed E-state index contributed by atoms with van der Waals surface area (Å²) in [6.45, 7) is 4.44. The van der Waals surface area contributed by atoms with E-state index in [1.54, 1.807) is 4.68 Å². The lowest BCUT2D eigenvalue weighted by Crippen LogP contribution is -2.32. The van der Waals surface area contributed by atoms with Crippen LogP contribution in [0, 0.1) is 0 Å². The van der Waals surface area contributed by atoms with Crippen LogP contribution < -0.4 is 4.90 Å². The van der Waals surface area contributed by atoms with Crippen LogP contribution in [0.15, 0.2) is 0 Å². The third kappa shape index (κ3) is 6.40. The van der Waals surface area contributed by atoms with Crippen molar-refractivity contribution in [2.24, 2.45) is 0 Å². The van der Waals surface area contributed by atoms with E-state index in [4.69, 9.17) is 0 Å². The van der Waals surface area contributed by atoms with E-state index in [1.165, 1.54) is 56.3 Å². The Balaban J connectivity index is 2.02. The zero-order valence-corrected chi connectivity index (χ0v) is 17.0. The summed E-state index contributed by atoms with van der Waals surface area (Å²) in [6.07, 6.45) is 14.7. The molecule has 7 nitrogen and oxygen atoms in total. The second kappa shape index (κ2) is 11.8. The van der Waals surface area contributed by atoms with Crippen molar-refractivity contribution < 1.29 is 9.59 Å². The molecule has 0 unspecified atom stereocenters. The molecular formula is C20H35N5O2. The first-order chi connectivity index (χ1) is 13.2. The number of amides is 2. The number of nitrogens with zero attached hydrogens (tertiary/aromatic N) is 5. The lowest BCUT2D eigenvalue weighted by Gasteiger charge is -2.21. The summed E-state index contributed by atoms with van der Waals surface area (Å²) in [7, 11) is 0. The highest BCUT2D eigenvalue weighted by atomic mass is 16.2. The van der Waals surface area contributed by atoms with Gasteiger partial charge in [0.25, 0.3) is 5.95 Å². The molecule has 0 spiro atoms. The fourth-order valence-electron chi connectivity index (χ4n) is 3.73. The summed E-state index contributed by atoms with van der Waals surface area (Å²) < 4.78 is 1.74. The number of rotatable bonds is 14. The maximum absolute atomic E-state index is 12.1. The number of aromatic nitrogens is 4. The van der Waals surface area contributed by atoms with Gasteiger partial charge in [-0.1, -0.05) is 83.2 Å². The predicted octanol–water partition coefficient (Wildman–Crippen LogP) is 4.59. The van der Waals surface area contributed by atoms with Crippen LogP contribution in [0.2, 0.25) is 0 Å². The Morgan fingerprint density at radius 2 is 1.33 bits per heavy atom. The monoisotopic (exact) mass is 377 g/mol. The fraction of sp³-hybridized carbons (Fsp3) is 0.850. The standard InChI is InChI=1S/C20H35N5O2/c1-3-5-7-9-11-13-17(14-12-10-8-6-4-2)25-20(21-22-23-25)24-18(26)15-16-19(24)27/h17H,3-16H2,1-2H3. The van der Waals surface area contributed by atoms with Gasteiger partial charge in [-0.2, -0.15) is 0 Å². The summed E-state index contributed by atoms with van der Waals surface area (Å²) in [5.74, 6) is -0.0731. The normalized spacial score (nSPS) is 14.7. The van der Waals surface area contributed by atoms with Gasteiger partial charge in [-0.15, -0.1) is 0 Å². The van der Waals surface area contributed by atoms with E-state index in [2.05, 4.69) is 29.4 Å². The van der Waals surface area contributed by atoms with Crippen LogP contribution in [0.3, 0.4) is 0 Å². The van der Waals surface area contributed by atoms with Gasteiger partial charge in [0.15, 0.2) is 0 Å². The van der Waals surface area contributed by atoms with E-state index in [0.717, 1.165) is 25.7 Å². The van der Waals surface area contributed by atoms with E-state index < -0.39 is 0 Å². The summed E-state index contributed by atoms with van der Waals surface area (Å²) in [6, 6.07) is 0.152. The highest BCUT2D eigenvalue weighted by Crippen LogP contribution is 2.28. The number of carbonyl (C=O) groups is 2. The van der Waals surface area contributed by atoms with Gasteiger partial charge in [0.1, 0.15) is 0 Å². The molecule has 1 aliphatic rings. The molecule has 1 fully saturated rings. The van der Waals surface area contributed by atoms with Crippen molar-refractivity contribution in [1.82, 2.24) is 20.2 Å². The summed E-state index contributed by atoms with van der Waals surface area (Å²) >= 11 is 0. The van der Waals surface area contributed by atoms with Gasteiger partial charge in [0, 0.05) is 12.8 Å². The first-order valence-electron chi connectivity index (χ1n) is 10.8. The van der Waals surface area contributed by atoms with Crippen LogP contribution in [-0.4, -0.2) is 32.0 Å². The molecule has 0 N–H and O–H groups in total. The highest BCUT2D eigenvalue weighted by molar-refractivity contribution is 6.18. The first-order valence-corrected chi connectivity index (χ1v) is 10.8. The molecule has 2 amide bonds. The Morgan fingerprint density at radius 3 is 1.85 bits per heavy atom. The second-order valence-electron chi connectivity index (χ2n) is 7.61. The molecule has 0 atom stereocenters. The van der Waals surface area contributed by atoms with Crippen molar-refractivity contribution in [3.63, 3.8) is 0 Å². The molecule has 0 aliphatic carbocycles. The van der Waals surface area contributed by atoms with Crippen LogP contribution in [-0.2, 0) is 9.59 Å². The molecule has 1 aliphatic heterocycles. The minimum absolute atomic E-state index is 0.152. The number of anilines is 1. The number of tetrazole rings is 1. The van der Waals surface area contributed by atoms with Gasteiger partial charge < -0.3 is 0 Å². The number of imide groups is 1. The third-order valence-electron chi connectivity index (χ3n) is 5.35. The summed E-state index contributed by atoms with van der Waals surface area (Å²) in [4.78, 5) is 25.4.